The predicted octanol–water partition coefficient (Wildman–Crippen LogP) is 1.54. The zero-order chi connectivity index (χ0) is 14.4. The lowest BCUT2D eigenvalue weighted by Crippen LogP contribution is -2.35. The molecule has 1 aliphatic rings. The van der Waals surface area contributed by atoms with Gasteiger partial charge in [-0.05, 0) is 18.1 Å². The molecule has 0 radical (unpaired) electrons. The summed E-state index contributed by atoms with van der Waals surface area (Å²) in [5.74, 6) is 0.0890. The summed E-state index contributed by atoms with van der Waals surface area (Å²) in [5, 5.41) is 8.76. The van der Waals surface area contributed by atoms with Crippen molar-refractivity contribution in [2.24, 2.45) is 0 Å². The molecule has 5 heteroatoms. The Balaban J connectivity index is 2.07. The summed E-state index contributed by atoms with van der Waals surface area (Å²) in [6.07, 6.45) is 0.707. The number of methoxy groups -OCH3 is 1. The van der Waals surface area contributed by atoms with Gasteiger partial charge in [-0.3, -0.25) is 9.69 Å². The maximum absolute atomic E-state index is 10.7. The van der Waals surface area contributed by atoms with Crippen molar-refractivity contribution in [3.05, 3.63) is 29.3 Å². The Kier molecular flexibility index (Phi) is 5.38. The fourth-order valence-electron chi connectivity index (χ4n) is 2.36. The van der Waals surface area contributed by atoms with Gasteiger partial charge in [0, 0.05) is 31.6 Å². The zero-order valence-electron chi connectivity index (χ0n) is 11.8. The van der Waals surface area contributed by atoms with Gasteiger partial charge in [0.2, 0.25) is 0 Å². The Morgan fingerprint density at radius 2 is 2.15 bits per heavy atom. The van der Waals surface area contributed by atoms with Gasteiger partial charge in [-0.25, -0.2) is 0 Å². The number of benzene rings is 1. The smallest absolute Gasteiger partial charge is 0.303 e. The number of aliphatic carboxylic acids is 1. The first-order chi connectivity index (χ1) is 9.69. The van der Waals surface area contributed by atoms with Crippen molar-refractivity contribution in [1.29, 1.82) is 0 Å². The molecular formula is C15H21NO4. The monoisotopic (exact) mass is 279 g/mol. The molecule has 1 aromatic carbocycles. The molecule has 1 saturated heterocycles. The summed E-state index contributed by atoms with van der Waals surface area (Å²) in [5.41, 5.74) is 2.15. The van der Waals surface area contributed by atoms with Gasteiger partial charge in [0.15, 0.2) is 0 Å². The minimum atomic E-state index is -0.768. The first kappa shape index (κ1) is 14.8. The van der Waals surface area contributed by atoms with Gasteiger partial charge in [0.25, 0.3) is 0 Å². The third-order valence-corrected chi connectivity index (χ3v) is 3.47. The van der Waals surface area contributed by atoms with E-state index in [0.717, 1.165) is 49.7 Å². The molecule has 1 fully saturated rings. The number of aryl methyl sites for hydroxylation is 1. The molecule has 0 unspecified atom stereocenters. The highest BCUT2D eigenvalue weighted by Crippen LogP contribution is 2.22. The summed E-state index contributed by atoms with van der Waals surface area (Å²) < 4.78 is 10.7. The molecule has 1 N–H and O–H groups in total. The van der Waals surface area contributed by atoms with Gasteiger partial charge < -0.3 is 14.6 Å². The molecule has 2 rings (SSSR count). The second-order valence-corrected chi connectivity index (χ2v) is 4.93. The summed E-state index contributed by atoms with van der Waals surface area (Å²) in [6.45, 7) is 4.18. The highest BCUT2D eigenvalue weighted by molar-refractivity contribution is 5.67. The van der Waals surface area contributed by atoms with Gasteiger partial charge in [-0.15, -0.1) is 0 Å². The van der Waals surface area contributed by atoms with Crippen molar-refractivity contribution >= 4 is 5.97 Å². The van der Waals surface area contributed by atoms with E-state index < -0.39 is 5.97 Å². The van der Waals surface area contributed by atoms with Crippen LogP contribution in [0.2, 0.25) is 0 Å². The van der Waals surface area contributed by atoms with Gasteiger partial charge in [-0.1, -0.05) is 12.1 Å². The standard InChI is InChI=1S/C15H21NO4/c1-19-14-4-2-12(3-5-15(17)18)10-13(14)11-16-6-8-20-9-7-16/h2,4,10H,3,5-9,11H2,1H3,(H,17,18). The van der Waals surface area contributed by atoms with Crippen LogP contribution < -0.4 is 4.74 Å². The summed E-state index contributed by atoms with van der Waals surface area (Å²) >= 11 is 0. The van der Waals surface area contributed by atoms with Gasteiger partial charge >= 0.3 is 5.97 Å². The van der Waals surface area contributed by atoms with Crippen LogP contribution in [0.25, 0.3) is 0 Å². The lowest BCUT2D eigenvalue weighted by atomic mass is 10.0. The normalized spacial score (nSPS) is 16.1. The lowest BCUT2D eigenvalue weighted by molar-refractivity contribution is -0.136. The molecule has 5 nitrogen and oxygen atoms in total. The fraction of sp³-hybridized carbons (Fsp3) is 0.533. The Hall–Kier alpha value is -1.59. The van der Waals surface area contributed by atoms with E-state index in [1.165, 1.54) is 0 Å². The number of morpholine rings is 1. The van der Waals surface area contributed by atoms with Crippen LogP contribution in [0.1, 0.15) is 17.5 Å². The average Bonchev–Trinajstić information content (AvgIpc) is 2.46. The van der Waals surface area contributed by atoms with E-state index in [2.05, 4.69) is 11.0 Å². The van der Waals surface area contributed by atoms with Crippen molar-refractivity contribution in [2.75, 3.05) is 33.4 Å². The highest BCUT2D eigenvalue weighted by Gasteiger charge is 2.14. The van der Waals surface area contributed by atoms with Crippen LogP contribution in [-0.4, -0.2) is 49.4 Å². The number of carboxylic acids is 1. The van der Waals surface area contributed by atoms with Crippen LogP contribution >= 0.6 is 0 Å². The van der Waals surface area contributed by atoms with Crippen LogP contribution in [0.4, 0.5) is 0 Å². The van der Waals surface area contributed by atoms with E-state index in [1.54, 1.807) is 7.11 Å². The molecular weight excluding hydrogens is 258 g/mol. The maximum Gasteiger partial charge on any atom is 0.303 e. The van der Waals surface area contributed by atoms with Crippen molar-refractivity contribution in [3.63, 3.8) is 0 Å². The number of carbonyl (C=O) groups is 1. The Morgan fingerprint density at radius 3 is 2.80 bits per heavy atom. The van der Waals surface area contributed by atoms with E-state index in [4.69, 9.17) is 14.6 Å². The lowest BCUT2D eigenvalue weighted by Gasteiger charge is -2.27. The van der Waals surface area contributed by atoms with E-state index >= 15 is 0 Å². The number of hydrogen-bond donors (Lipinski definition) is 1. The second kappa shape index (κ2) is 7.26. The summed E-state index contributed by atoms with van der Waals surface area (Å²) in [4.78, 5) is 13.0. The van der Waals surface area contributed by atoms with Crippen LogP contribution in [0.3, 0.4) is 0 Å². The molecule has 1 heterocycles. The van der Waals surface area contributed by atoms with E-state index in [1.807, 2.05) is 12.1 Å². The molecule has 1 aliphatic heterocycles. The topological polar surface area (TPSA) is 59.0 Å². The van der Waals surface area contributed by atoms with Gasteiger partial charge in [0.05, 0.1) is 20.3 Å². The summed E-state index contributed by atoms with van der Waals surface area (Å²) in [7, 11) is 1.66. The minimum Gasteiger partial charge on any atom is -0.496 e. The minimum absolute atomic E-state index is 0.156. The van der Waals surface area contributed by atoms with Gasteiger partial charge in [-0.2, -0.15) is 0 Å². The average molecular weight is 279 g/mol. The molecule has 110 valence electrons. The molecule has 0 atom stereocenters. The first-order valence-corrected chi connectivity index (χ1v) is 6.86. The Labute approximate surface area is 119 Å². The third kappa shape index (κ3) is 4.21. The molecule has 1 aromatic rings. The molecule has 20 heavy (non-hydrogen) atoms. The van der Waals surface area contributed by atoms with Crippen LogP contribution in [0, 0.1) is 0 Å². The van der Waals surface area contributed by atoms with Crippen molar-refractivity contribution in [2.45, 2.75) is 19.4 Å². The van der Waals surface area contributed by atoms with E-state index in [0.29, 0.717) is 6.42 Å². The first-order valence-electron chi connectivity index (χ1n) is 6.86. The second-order valence-electron chi connectivity index (χ2n) is 4.93. The Morgan fingerprint density at radius 1 is 1.40 bits per heavy atom. The fourth-order valence-corrected chi connectivity index (χ4v) is 2.36. The van der Waals surface area contributed by atoms with Crippen LogP contribution in [-0.2, 0) is 22.5 Å². The molecule has 0 aliphatic carbocycles. The molecule has 0 amide bonds. The van der Waals surface area contributed by atoms with E-state index in [-0.39, 0.29) is 6.42 Å². The quantitative estimate of drug-likeness (QED) is 0.856. The van der Waals surface area contributed by atoms with Gasteiger partial charge in [0.1, 0.15) is 5.75 Å². The van der Waals surface area contributed by atoms with Crippen molar-refractivity contribution in [1.82, 2.24) is 4.90 Å². The van der Waals surface area contributed by atoms with E-state index in [9.17, 15) is 4.79 Å². The zero-order valence-corrected chi connectivity index (χ0v) is 11.8. The number of ether oxygens (including phenoxy) is 2. The number of carboxylic acid groups (broad SMARTS) is 1. The third-order valence-electron chi connectivity index (χ3n) is 3.47. The highest BCUT2D eigenvalue weighted by atomic mass is 16.5. The largest absolute Gasteiger partial charge is 0.496 e. The molecule has 0 aromatic heterocycles. The van der Waals surface area contributed by atoms with Crippen LogP contribution in [0.5, 0.6) is 5.75 Å². The molecule has 0 saturated carbocycles. The van der Waals surface area contributed by atoms with Crippen LogP contribution in [0.15, 0.2) is 18.2 Å². The number of hydrogen-bond acceptors (Lipinski definition) is 4. The predicted molar refractivity (Wildman–Crippen MR) is 75.0 cm³/mol. The number of nitrogens with zero attached hydrogens (tertiary/aromatic N) is 1. The maximum atomic E-state index is 10.7. The SMILES string of the molecule is COc1ccc(CCC(=O)O)cc1CN1CCOCC1. The van der Waals surface area contributed by atoms with Crippen molar-refractivity contribution in [3.8, 4) is 5.75 Å². The molecule has 0 spiro atoms. The summed E-state index contributed by atoms with van der Waals surface area (Å²) in [6, 6.07) is 5.91. The van der Waals surface area contributed by atoms with Crippen molar-refractivity contribution < 1.29 is 19.4 Å². The molecule has 0 bridgehead atoms. The Bertz CT molecular complexity index is 455. The number of rotatable bonds is 6.